The van der Waals surface area contributed by atoms with Crippen molar-refractivity contribution in [2.45, 2.75) is 25.1 Å². The summed E-state index contributed by atoms with van der Waals surface area (Å²) in [6.07, 6.45) is 5.20. The van der Waals surface area contributed by atoms with Crippen molar-refractivity contribution in [1.82, 2.24) is 14.9 Å². The number of alkyl halides is 1. The fourth-order valence-electron chi connectivity index (χ4n) is 2.90. The van der Waals surface area contributed by atoms with Gasteiger partial charge in [0.1, 0.15) is 5.52 Å². The SMILES string of the molecule is CC(Cl)C1CCN(C(=O)c2cccc3nccnc23)CC1. The number of para-hydroxylation sites is 1. The van der Waals surface area contributed by atoms with E-state index in [4.69, 9.17) is 11.6 Å². The fourth-order valence-corrected chi connectivity index (χ4v) is 3.15. The van der Waals surface area contributed by atoms with Crippen LogP contribution in [0.2, 0.25) is 0 Å². The predicted molar refractivity (Wildman–Crippen MR) is 83.5 cm³/mol. The van der Waals surface area contributed by atoms with Crippen LogP contribution in [-0.4, -0.2) is 39.2 Å². The van der Waals surface area contributed by atoms with Gasteiger partial charge < -0.3 is 4.90 Å². The second-order valence-corrected chi connectivity index (χ2v) is 6.23. The molecule has 1 atom stereocenters. The molecule has 3 rings (SSSR count). The second-order valence-electron chi connectivity index (χ2n) is 5.54. The third kappa shape index (κ3) is 2.86. The Bertz CT molecular complexity index is 646. The van der Waals surface area contributed by atoms with Crippen LogP contribution < -0.4 is 0 Å². The molecule has 0 N–H and O–H groups in total. The molecule has 1 fully saturated rings. The summed E-state index contributed by atoms with van der Waals surface area (Å²) in [5.41, 5.74) is 2.07. The zero-order valence-electron chi connectivity index (χ0n) is 12.0. The molecule has 5 heteroatoms. The highest BCUT2D eigenvalue weighted by atomic mass is 35.5. The monoisotopic (exact) mass is 303 g/mol. The van der Waals surface area contributed by atoms with Crippen LogP contribution in [0.5, 0.6) is 0 Å². The van der Waals surface area contributed by atoms with E-state index in [9.17, 15) is 4.79 Å². The van der Waals surface area contributed by atoms with E-state index in [1.807, 2.05) is 30.0 Å². The largest absolute Gasteiger partial charge is 0.339 e. The van der Waals surface area contributed by atoms with Gasteiger partial charge in [-0.15, -0.1) is 11.6 Å². The Morgan fingerprint density at radius 3 is 2.71 bits per heavy atom. The van der Waals surface area contributed by atoms with Crippen molar-refractivity contribution >= 4 is 28.5 Å². The lowest BCUT2D eigenvalue weighted by Crippen LogP contribution is -2.40. The van der Waals surface area contributed by atoms with Gasteiger partial charge in [0.05, 0.1) is 11.1 Å². The normalized spacial score (nSPS) is 17.9. The summed E-state index contributed by atoms with van der Waals surface area (Å²) >= 11 is 6.16. The van der Waals surface area contributed by atoms with Gasteiger partial charge in [0.2, 0.25) is 0 Å². The second kappa shape index (κ2) is 5.98. The molecule has 0 bridgehead atoms. The predicted octanol–water partition coefficient (Wildman–Crippen LogP) is 3.11. The van der Waals surface area contributed by atoms with Crippen molar-refractivity contribution in [2.24, 2.45) is 5.92 Å². The molecule has 4 nitrogen and oxygen atoms in total. The van der Waals surface area contributed by atoms with Gasteiger partial charge in [0.25, 0.3) is 5.91 Å². The maximum atomic E-state index is 12.7. The Hall–Kier alpha value is -1.68. The number of amides is 1. The Balaban J connectivity index is 1.82. The number of hydrogen-bond acceptors (Lipinski definition) is 3. The van der Waals surface area contributed by atoms with E-state index < -0.39 is 0 Å². The summed E-state index contributed by atoms with van der Waals surface area (Å²) < 4.78 is 0. The van der Waals surface area contributed by atoms with Crippen molar-refractivity contribution in [2.75, 3.05) is 13.1 Å². The van der Waals surface area contributed by atoms with Gasteiger partial charge in [-0.05, 0) is 37.8 Å². The van der Waals surface area contributed by atoms with E-state index >= 15 is 0 Å². The Morgan fingerprint density at radius 2 is 2.00 bits per heavy atom. The molecule has 1 saturated heterocycles. The summed E-state index contributed by atoms with van der Waals surface area (Å²) in [5.74, 6) is 0.546. The first-order valence-corrected chi connectivity index (χ1v) is 7.73. The van der Waals surface area contributed by atoms with Crippen LogP contribution in [0.4, 0.5) is 0 Å². The van der Waals surface area contributed by atoms with Crippen molar-refractivity contribution in [1.29, 1.82) is 0 Å². The highest BCUT2D eigenvalue weighted by molar-refractivity contribution is 6.20. The van der Waals surface area contributed by atoms with Gasteiger partial charge in [-0.2, -0.15) is 0 Å². The number of carbonyl (C=O) groups is 1. The lowest BCUT2D eigenvalue weighted by Gasteiger charge is -2.33. The summed E-state index contributed by atoms with van der Waals surface area (Å²) in [4.78, 5) is 23.2. The number of carbonyl (C=O) groups excluding carboxylic acids is 1. The third-order valence-electron chi connectivity index (χ3n) is 4.21. The number of fused-ring (bicyclic) bond motifs is 1. The molecule has 21 heavy (non-hydrogen) atoms. The minimum Gasteiger partial charge on any atom is -0.339 e. The Kier molecular flexibility index (Phi) is 4.06. The zero-order chi connectivity index (χ0) is 14.8. The van der Waals surface area contributed by atoms with Crippen molar-refractivity contribution < 1.29 is 4.79 Å². The minimum absolute atomic E-state index is 0.0433. The molecule has 0 aliphatic carbocycles. The van der Waals surface area contributed by atoms with Crippen molar-refractivity contribution in [3.63, 3.8) is 0 Å². The van der Waals surface area contributed by atoms with Gasteiger partial charge in [0.15, 0.2) is 0 Å². The highest BCUT2D eigenvalue weighted by Gasteiger charge is 2.26. The maximum Gasteiger partial charge on any atom is 0.256 e. The first kappa shape index (κ1) is 14.3. The van der Waals surface area contributed by atoms with Gasteiger partial charge in [-0.1, -0.05) is 6.07 Å². The van der Waals surface area contributed by atoms with Crippen molar-refractivity contribution in [3.05, 3.63) is 36.2 Å². The van der Waals surface area contributed by atoms with Gasteiger partial charge in [-0.3, -0.25) is 14.8 Å². The lowest BCUT2D eigenvalue weighted by atomic mass is 9.93. The molecule has 0 spiro atoms. The smallest absolute Gasteiger partial charge is 0.256 e. The lowest BCUT2D eigenvalue weighted by molar-refractivity contribution is 0.0692. The molecular weight excluding hydrogens is 286 g/mol. The van der Waals surface area contributed by atoms with Gasteiger partial charge >= 0.3 is 0 Å². The molecule has 110 valence electrons. The summed E-state index contributed by atoms with van der Waals surface area (Å²) in [6, 6.07) is 5.56. The molecule has 1 unspecified atom stereocenters. The summed E-state index contributed by atoms with van der Waals surface area (Å²) in [5, 5.41) is 0.172. The van der Waals surface area contributed by atoms with Crippen LogP contribution >= 0.6 is 11.6 Å². The number of rotatable bonds is 2. The fraction of sp³-hybridized carbons (Fsp3) is 0.438. The average molecular weight is 304 g/mol. The third-order valence-corrected chi connectivity index (χ3v) is 4.56. The van der Waals surface area contributed by atoms with E-state index in [2.05, 4.69) is 9.97 Å². The summed E-state index contributed by atoms with van der Waals surface area (Å²) in [7, 11) is 0. The molecule has 1 aliphatic rings. The Labute approximate surface area is 129 Å². The molecule has 0 saturated carbocycles. The number of aromatic nitrogens is 2. The van der Waals surface area contributed by atoms with Crippen LogP contribution in [-0.2, 0) is 0 Å². The molecule has 2 heterocycles. The quantitative estimate of drug-likeness (QED) is 0.801. The molecular formula is C16H18ClN3O. The van der Waals surface area contributed by atoms with Crippen LogP contribution in [0, 0.1) is 5.92 Å². The number of benzene rings is 1. The molecule has 1 aromatic carbocycles. The number of nitrogens with zero attached hydrogens (tertiary/aromatic N) is 3. The van der Waals surface area contributed by atoms with E-state index in [1.54, 1.807) is 12.4 Å². The molecule has 1 aliphatic heterocycles. The summed E-state index contributed by atoms with van der Waals surface area (Å²) in [6.45, 7) is 3.55. The number of halogens is 1. The topological polar surface area (TPSA) is 46.1 Å². The maximum absolute atomic E-state index is 12.7. The van der Waals surface area contributed by atoms with Gasteiger partial charge in [-0.25, -0.2) is 0 Å². The highest BCUT2D eigenvalue weighted by Crippen LogP contribution is 2.25. The van der Waals surface area contributed by atoms with Crippen molar-refractivity contribution in [3.8, 4) is 0 Å². The average Bonchev–Trinajstić information content (AvgIpc) is 2.53. The number of piperidine rings is 1. The van der Waals surface area contributed by atoms with E-state index in [1.165, 1.54) is 0 Å². The van der Waals surface area contributed by atoms with Crippen LogP contribution in [0.3, 0.4) is 0 Å². The van der Waals surface area contributed by atoms with Crippen LogP contribution in [0.25, 0.3) is 11.0 Å². The van der Waals surface area contributed by atoms with Gasteiger partial charge in [0, 0.05) is 30.9 Å². The zero-order valence-corrected chi connectivity index (χ0v) is 12.8. The van der Waals surface area contributed by atoms with E-state index in [-0.39, 0.29) is 11.3 Å². The standard InChI is InChI=1S/C16H18ClN3O/c1-11(17)12-5-9-20(10-6-12)16(21)13-3-2-4-14-15(13)19-8-7-18-14/h2-4,7-8,11-12H,5-6,9-10H2,1H3. The minimum atomic E-state index is 0.0433. The van der Waals surface area contributed by atoms with Crippen LogP contribution in [0.15, 0.2) is 30.6 Å². The van der Waals surface area contributed by atoms with Crippen LogP contribution in [0.1, 0.15) is 30.1 Å². The number of hydrogen-bond donors (Lipinski definition) is 0. The molecule has 1 aromatic heterocycles. The molecule has 2 aromatic rings. The molecule has 1 amide bonds. The first-order chi connectivity index (χ1) is 10.2. The van der Waals surface area contributed by atoms with E-state index in [0.717, 1.165) is 31.4 Å². The number of likely N-dealkylation sites (tertiary alicyclic amines) is 1. The van der Waals surface area contributed by atoms with E-state index in [0.29, 0.717) is 17.0 Å². The first-order valence-electron chi connectivity index (χ1n) is 7.30. The molecule has 0 radical (unpaired) electrons. The Morgan fingerprint density at radius 1 is 1.29 bits per heavy atom.